The van der Waals surface area contributed by atoms with Gasteiger partial charge in [0.05, 0.1) is 6.26 Å². The van der Waals surface area contributed by atoms with E-state index < -0.39 is 6.10 Å². The summed E-state index contributed by atoms with van der Waals surface area (Å²) in [5.74, 6) is 1.30. The summed E-state index contributed by atoms with van der Waals surface area (Å²) in [6.45, 7) is 3.23. The van der Waals surface area contributed by atoms with Gasteiger partial charge in [-0.15, -0.1) is 0 Å². The van der Waals surface area contributed by atoms with Crippen LogP contribution in [0.2, 0.25) is 0 Å². The van der Waals surface area contributed by atoms with Gasteiger partial charge in [0.1, 0.15) is 11.9 Å². The van der Waals surface area contributed by atoms with Crippen LogP contribution in [0.25, 0.3) is 0 Å². The Balaban J connectivity index is 1.63. The van der Waals surface area contributed by atoms with Crippen molar-refractivity contribution < 1.29 is 14.3 Å². The Bertz CT molecular complexity index is 280. The molecule has 1 saturated heterocycles. The Hall–Kier alpha value is -0.840. The summed E-state index contributed by atoms with van der Waals surface area (Å²) in [6, 6.07) is 3.58. The van der Waals surface area contributed by atoms with E-state index in [-0.39, 0.29) is 0 Å². The zero-order chi connectivity index (χ0) is 11.2. The molecular weight excluding hydrogens is 206 g/mol. The van der Waals surface area contributed by atoms with Crippen LogP contribution in [0.4, 0.5) is 0 Å². The molecular formula is C12H19NO3. The van der Waals surface area contributed by atoms with Crippen molar-refractivity contribution >= 4 is 0 Å². The van der Waals surface area contributed by atoms with Gasteiger partial charge in [-0.05, 0) is 37.4 Å². The molecule has 1 unspecified atom stereocenters. The van der Waals surface area contributed by atoms with Gasteiger partial charge in [0.25, 0.3) is 0 Å². The molecule has 1 atom stereocenters. The van der Waals surface area contributed by atoms with Gasteiger partial charge in [-0.2, -0.15) is 0 Å². The average molecular weight is 225 g/mol. The van der Waals surface area contributed by atoms with E-state index in [0.29, 0.717) is 18.2 Å². The molecule has 0 amide bonds. The fraction of sp³-hybridized carbons (Fsp3) is 0.667. The van der Waals surface area contributed by atoms with Crippen molar-refractivity contribution in [3.8, 4) is 0 Å². The first kappa shape index (κ1) is 11.6. The van der Waals surface area contributed by atoms with Crippen LogP contribution in [-0.2, 0) is 4.74 Å². The Morgan fingerprint density at radius 1 is 1.44 bits per heavy atom. The summed E-state index contributed by atoms with van der Waals surface area (Å²) >= 11 is 0. The minimum absolute atomic E-state index is 0.546. The highest BCUT2D eigenvalue weighted by molar-refractivity contribution is 5.02. The molecule has 1 aliphatic heterocycles. The molecule has 4 heteroatoms. The molecule has 4 nitrogen and oxygen atoms in total. The third kappa shape index (κ3) is 3.33. The van der Waals surface area contributed by atoms with E-state index in [2.05, 4.69) is 5.32 Å². The van der Waals surface area contributed by atoms with Crippen LogP contribution < -0.4 is 5.32 Å². The molecule has 16 heavy (non-hydrogen) atoms. The Morgan fingerprint density at radius 3 is 2.94 bits per heavy atom. The normalized spacial score (nSPS) is 19.8. The minimum Gasteiger partial charge on any atom is -0.467 e. The molecule has 0 aliphatic carbocycles. The maximum atomic E-state index is 9.76. The number of aliphatic hydroxyl groups excluding tert-OH is 1. The molecule has 1 aromatic rings. The van der Waals surface area contributed by atoms with E-state index in [1.54, 1.807) is 18.4 Å². The third-order valence-electron chi connectivity index (χ3n) is 2.98. The fourth-order valence-electron chi connectivity index (χ4n) is 1.96. The van der Waals surface area contributed by atoms with Crippen LogP contribution in [0, 0.1) is 5.92 Å². The number of ether oxygens (including phenoxy) is 1. The van der Waals surface area contributed by atoms with E-state index in [1.165, 1.54) is 0 Å². The second-order valence-electron chi connectivity index (χ2n) is 4.25. The van der Waals surface area contributed by atoms with Gasteiger partial charge < -0.3 is 19.6 Å². The summed E-state index contributed by atoms with van der Waals surface area (Å²) < 4.78 is 10.4. The van der Waals surface area contributed by atoms with Crippen molar-refractivity contribution in [2.24, 2.45) is 5.92 Å². The zero-order valence-electron chi connectivity index (χ0n) is 9.39. The monoisotopic (exact) mass is 225 g/mol. The number of rotatable bonds is 5. The summed E-state index contributed by atoms with van der Waals surface area (Å²) in [7, 11) is 0. The van der Waals surface area contributed by atoms with E-state index in [9.17, 15) is 5.11 Å². The van der Waals surface area contributed by atoms with Crippen LogP contribution >= 0.6 is 0 Å². The SMILES string of the molecule is OC(CNCC1CCOCC1)c1ccco1. The summed E-state index contributed by atoms with van der Waals surface area (Å²) in [5, 5.41) is 13.0. The van der Waals surface area contributed by atoms with Crippen LogP contribution in [-0.4, -0.2) is 31.4 Å². The molecule has 2 rings (SSSR count). The standard InChI is InChI=1S/C12H19NO3/c14-11(12-2-1-5-16-12)9-13-8-10-3-6-15-7-4-10/h1-2,5,10-11,13-14H,3-4,6-9H2. The fourth-order valence-corrected chi connectivity index (χ4v) is 1.96. The van der Waals surface area contributed by atoms with Gasteiger partial charge in [0, 0.05) is 19.8 Å². The predicted octanol–water partition coefficient (Wildman–Crippen LogP) is 1.33. The van der Waals surface area contributed by atoms with Gasteiger partial charge in [-0.3, -0.25) is 0 Å². The first-order valence-electron chi connectivity index (χ1n) is 5.86. The maximum absolute atomic E-state index is 9.76. The van der Waals surface area contributed by atoms with Crippen molar-refractivity contribution in [2.75, 3.05) is 26.3 Å². The lowest BCUT2D eigenvalue weighted by molar-refractivity contribution is 0.0644. The summed E-state index contributed by atoms with van der Waals surface area (Å²) in [4.78, 5) is 0. The summed E-state index contributed by atoms with van der Waals surface area (Å²) in [5.41, 5.74) is 0. The maximum Gasteiger partial charge on any atom is 0.133 e. The van der Waals surface area contributed by atoms with E-state index in [4.69, 9.17) is 9.15 Å². The quantitative estimate of drug-likeness (QED) is 0.793. The van der Waals surface area contributed by atoms with Gasteiger partial charge in [0.2, 0.25) is 0 Å². The van der Waals surface area contributed by atoms with Crippen molar-refractivity contribution in [1.82, 2.24) is 5.32 Å². The third-order valence-corrected chi connectivity index (χ3v) is 2.98. The van der Waals surface area contributed by atoms with Crippen LogP contribution in [0.3, 0.4) is 0 Å². The van der Waals surface area contributed by atoms with Crippen LogP contribution in [0.1, 0.15) is 24.7 Å². The van der Waals surface area contributed by atoms with Crippen molar-refractivity contribution in [1.29, 1.82) is 0 Å². The Morgan fingerprint density at radius 2 is 2.25 bits per heavy atom. The molecule has 0 spiro atoms. The van der Waals surface area contributed by atoms with Crippen molar-refractivity contribution in [3.63, 3.8) is 0 Å². The Labute approximate surface area is 95.6 Å². The number of hydrogen-bond acceptors (Lipinski definition) is 4. The van der Waals surface area contributed by atoms with E-state index in [1.807, 2.05) is 0 Å². The number of nitrogens with one attached hydrogen (secondary N) is 1. The Kier molecular flexibility index (Phi) is 4.39. The first-order valence-corrected chi connectivity index (χ1v) is 5.86. The zero-order valence-corrected chi connectivity index (χ0v) is 9.39. The molecule has 0 bridgehead atoms. The molecule has 1 fully saturated rings. The van der Waals surface area contributed by atoms with Gasteiger partial charge in [-0.25, -0.2) is 0 Å². The second kappa shape index (κ2) is 6.03. The van der Waals surface area contributed by atoms with Gasteiger partial charge in [0.15, 0.2) is 0 Å². The average Bonchev–Trinajstić information content (AvgIpc) is 2.84. The molecule has 90 valence electrons. The highest BCUT2D eigenvalue weighted by atomic mass is 16.5. The van der Waals surface area contributed by atoms with Gasteiger partial charge >= 0.3 is 0 Å². The van der Waals surface area contributed by atoms with Crippen molar-refractivity contribution in [2.45, 2.75) is 18.9 Å². The molecule has 2 heterocycles. The highest BCUT2D eigenvalue weighted by Gasteiger charge is 2.15. The summed E-state index contributed by atoms with van der Waals surface area (Å²) in [6.07, 6.45) is 3.26. The largest absolute Gasteiger partial charge is 0.467 e. The second-order valence-corrected chi connectivity index (χ2v) is 4.25. The van der Waals surface area contributed by atoms with E-state index >= 15 is 0 Å². The van der Waals surface area contributed by atoms with Gasteiger partial charge in [-0.1, -0.05) is 0 Å². The predicted molar refractivity (Wildman–Crippen MR) is 60.1 cm³/mol. The van der Waals surface area contributed by atoms with E-state index in [0.717, 1.165) is 32.6 Å². The van der Waals surface area contributed by atoms with Crippen LogP contribution in [0.5, 0.6) is 0 Å². The lowest BCUT2D eigenvalue weighted by atomic mass is 10.0. The van der Waals surface area contributed by atoms with Crippen LogP contribution in [0.15, 0.2) is 22.8 Å². The smallest absolute Gasteiger partial charge is 0.133 e. The number of aliphatic hydroxyl groups is 1. The number of hydrogen-bond donors (Lipinski definition) is 2. The molecule has 0 saturated carbocycles. The molecule has 0 radical (unpaired) electrons. The molecule has 1 aliphatic rings. The lowest BCUT2D eigenvalue weighted by Crippen LogP contribution is -2.30. The molecule has 0 aromatic carbocycles. The minimum atomic E-state index is -0.546. The first-order chi connectivity index (χ1) is 7.86. The highest BCUT2D eigenvalue weighted by Crippen LogP contribution is 2.15. The molecule has 1 aromatic heterocycles. The van der Waals surface area contributed by atoms with Crippen molar-refractivity contribution in [3.05, 3.63) is 24.2 Å². The topological polar surface area (TPSA) is 54.6 Å². The molecule has 2 N–H and O–H groups in total. The lowest BCUT2D eigenvalue weighted by Gasteiger charge is -2.22. The number of furan rings is 1.